The summed E-state index contributed by atoms with van der Waals surface area (Å²) in [5.41, 5.74) is 3.47. The van der Waals surface area contributed by atoms with E-state index in [0.717, 1.165) is 0 Å². The Kier molecular flexibility index (Phi) is 6.81. The molecule has 3 aromatic carbocycles. The fourth-order valence-electron chi connectivity index (χ4n) is 4.90. The second kappa shape index (κ2) is 10.4. The molecule has 0 aliphatic heterocycles. The second-order valence-corrected chi connectivity index (χ2v) is 9.19. The zero-order valence-corrected chi connectivity index (χ0v) is 22.0. The van der Waals surface area contributed by atoms with Gasteiger partial charge < -0.3 is 9.47 Å². The van der Waals surface area contributed by atoms with Gasteiger partial charge in [-0.2, -0.15) is 0 Å². The Hall–Kier alpha value is -5.05. The number of ether oxygens (including phenoxy) is 2. The molecule has 0 saturated heterocycles. The van der Waals surface area contributed by atoms with Gasteiger partial charge in [-0.05, 0) is 55.8 Å². The van der Waals surface area contributed by atoms with Gasteiger partial charge in [0, 0.05) is 24.2 Å². The molecule has 2 heterocycles. The molecule has 2 N–H and O–H groups in total. The minimum atomic E-state index is -0.757. The summed E-state index contributed by atoms with van der Waals surface area (Å²) in [5.74, 6) is -0.696. The zero-order chi connectivity index (χ0) is 27.7. The number of hydrogen-bond donors (Lipinski definition) is 2. The fraction of sp³-hybridized carbons (Fsp3) is 0.167. The SMILES string of the molecule is COc1cc(C(c2c(C)[nH]n(-c3ccccc3)c2=O)c2c(C)[nH]n(-c3ccccc3)c2=O)ccc1OC(C)=O. The zero-order valence-electron chi connectivity index (χ0n) is 22.0. The van der Waals surface area contributed by atoms with Crippen LogP contribution in [-0.2, 0) is 4.79 Å². The molecule has 9 heteroatoms. The molecule has 39 heavy (non-hydrogen) atoms. The first-order valence-corrected chi connectivity index (χ1v) is 12.4. The van der Waals surface area contributed by atoms with Crippen LogP contribution in [-0.4, -0.2) is 32.6 Å². The molecule has 0 amide bonds. The summed E-state index contributed by atoms with van der Waals surface area (Å²) in [5, 5.41) is 6.35. The highest BCUT2D eigenvalue weighted by Crippen LogP contribution is 2.37. The molecular formula is C30H28N4O5. The summed E-state index contributed by atoms with van der Waals surface area (Å²) < 4.78 is 13.8. The van der Waals surface area contributed by atoms with Gasteiger partial charge in [0.2, 0.25) is 0 Å². The Morgan fingerprint density at radius 3 is 1.67 bits per heavy atom. The van der Waals surface area contributed by atoms with Gasteiger partial charge >= 0.3 is 5.97 Å². The van der Waals surface area contributed by atoms with E-state index in [1.54, 1.807) is 18.2 Å². The van der Waals surface area contributed by atoms with Gasteiger partial charge in [-0.1, -0.05) is 42.5 Å². The lowest BCUT2D eigenvalue weighted by Crippen LogP contribution is -2.25. The van der Waals surface area contributed by atoms with Gasteiger partial charge in [0.05, 0.1) is 29.6 Å². The number of benzene rings is 3. The molecule has 5 aromatic rings. The Morgan fingerprint density at radius 2 is 1.23 bits per heavy atom. The van der Waals surface area contributed by atoms with Crippen molar-refractivity contribution in [1.29, 1.82) is 0 Å². The Balaban J connectivity index is 1.78. The molecule has 0 radical (unpaired) electrons. The molecule has 0 aliphatic rings. The van der Waals surface area contributed by atoms with Gasteiger partial charge in [0.1, 0.15) is 0 Å². The molecule has 0 spiro atoms. The maximum atomic E-state index is 14.0. The maximum Gasteiger partial charge on any atom is 0.308 e. The van der Waals surface area contributed by atoms with Crippen LogP contribution in [0.1, 0.15) is 40.9 Å². The average Bonchev–Trinajstić information content (AvgIpc) is 3.40. The summed E-state index contributed by atoms with van der Waals surface area (Å²) in [4.78, 5) is 39.5. The number of carbonyl (C=O) groups excluding carboxylic acids is 1. The molecule has 0 unspecified atom stereocenters. The van der Waals surface area contributed by atoms with Crippen molar-refractivity contribution in [3.8, 4) is 22.9 Å². The number of aryl methyl sites for hydroxylation is 2. The number of aromatic nitrogens is 4. The average molecular weight is 525 g/mol. The summed E-state index contributed by atoms with van der Waals surface area (Å²) in [6.07, 6.45) is 0. The number of hydrogen-bond acceptors (Lipinski definition) is 5. The van der Waals surface area contributed by atoms with E-state index >= 15 is 0 Å². The smallest absolute Gasteiger partial charge is 0.308 e. The van der Waals surface area contributed by atoms with Crippen LogP contribution in [0.4, 0.5) is 0 Å². The number of carbonyl (C=O) groups is 1. The first-order valence-electron chi connectivity index (χ1n) is 12.4. The predicted octanol–water partition coefficient (Wildman–Crippen LogP) is 4.38. The minimum absolute atomic E-state index is 0.243. The third-order valence-electron chi connectivity index (χ3n) is 6.61. The molecule has 5 rings (SSSR count). The molecule has 0 aliphatic carbocycles. The van der Waals surface area contributed by atoms with E-state index in [1.165, 1.54) is 23.4 Å². The standard InChI is InChI=1S/C30H28N4O5/c1-18-26(29(36)33(31-18)22-11-7-5-8-12-22)28(21-15-16-24(39-20(3)35)25(17-21)38-4)27-19(2)32-34(30(27)37)23-13-9-6-10-14-23/h5-17,28,31-32H,1-4H3. The number of methoxy groups -OCH3 is 1. The molecule has 0 atom stereocenters. The number of H-pyrrole nitrogens is 2. The van der Waals surface area contributed by atoms with E-state index in [9.17, 15) is 14.4 Å². The number of para-hydroxylation sites is 2. The van der Waals surface area contributed by atoms with Gasteiger partial charge in [0.25, 0.3) is 11.1 Å². The van der Waals surface area contributed by atoms with E-state index in [2.05, 4.69) is 10.2 Å². The first kappa shape index (κ1) is 25.6. The Labute approximate surface area is 224 Å². The lowest BCUT2D eigenvalue weighted by atomic mass is 9.85. The highest BCUT2D eigenvalue weighted by Gasteiger charge is 2.31. The van der Waals surface area contributed by atoms with Crippen molar-refractivity contribution in [2.24, 2.45) is 0 Å². The Bertz CT molecular complexity index is 1660. The first-order chi connectivity index (χ1) is 18.8. The third kappa shape index (κ3) is 4.70. The van der Waals surface area contributed by atoms with Crippen LogP contribution in [0.2, 0.25) is 0 Å². The van der Waals surface area contributed by atoms with E-state index in [-0.39, 0.29) is 16.9 Å². The van der Waals surface area contributed by atoms with Crippen molar-refractivity contribution in [2.75, 3.05) is 7.11 Å². The number of nitrogens with one attached hydrogen (secondary N) is 2. The number of esters is 1. The van der Waals surface area contributed by atoms with Gasteiger partial charge in [-0.15, -0.1) is 0 Å². The van der Waals surface area contributed by atoms with Crippen molar-refractivity contribution in [2.45, 2.75) is 26.7 Å². The highest BCUT2D eigenvalue weighted by atomic mass is 16.6. The van der Waals surface area contributed by atoms with E-state index in [0.29, 0.717) is 45.2 Å². The molecule has 2 aromatic heterocycles. The largest absolute Gasteiger partial charge is 0.493 e. The summed E-state index contributed by atoms with van der Waals surface area (Å²) >= 11 is 0. The van der Waals surface area contributed by atoms with Crippen molar-refractivity contribution < 1.29 is 14.3 Å². The van der Waals surface area contributed by atoms with Crippen molar-refractivity contribution in [3.05, 3.63) is 128 Å². The van der Waals surface area contributed by atoms with E-state index in [1.807, 2.05) is 74.5 Å². The summed E-state index contributed by atoms with van der Waals surface area (Å²) in [6.45, 7) is 4.93. The van der Waals surface area contributed by atoms with Crippen LogP contribution in [0, 0.1) is 13.8 Å². The summed E-state index contributed by atoms with van der Waals surface area (Å²) in [7, 11) is 1.47. The number of aromatic amines is 2. The van der Waals surface area contributed by atoms with Crippen LogP contribution in [0.25, 0.3) is 11.4 Å². The van der Waals surface area contributed by atoms with Crippen molar-refractivity contribution >= 4 is 5.97 Å². The summed E-state index contributed by atoms with van der Waals surface area (Å²) in [6, 6.07) is 23.5. The number of rotatable bonds is 7. The molecule has 0 bridgehead atoms. The van der Waals surface area contributed by atoms with Gasteiger partial charge in [0.15, 0.2) is 11.5 Å². The number of nitrogens with zero attached hydrogens (tertiary/aromatic N) is 2. The minimum Gasteiger partial charge on any atom is -0.493 e. The fourth-order valence-corrected chi connectivity index (χ4v) is 4.90. The molecule has 0 saturated carbocycles. The second-order valence-electron chi connectivity index (χ2n) is 9.19. The van der Waals surface area contributed by atoms with Crippen LogP contribution >= 0.6 is 0 Å². The highest BCUT2D eigenvalue weighted by molar-refractivity contribution is 5.70. The van der Waals surface area contributed by atoms with Gasteiger partial charge in [-0.25, -0.2) is 9.36 Å². The third-order valence-corrected chi connectivity index (χ3v) is 6.61. The topological polar surface area (TPSA) is 111 Å². The molecule has 0 fully saturated rings. The van der Waals surface area contributed by atoms with Crippen LogP contribution in [0.5, 0.6) is 11.5 Å². The lowest BCUT2D eigenvalue weighted by molar-refractivity contribution is -0.132. The molecule has 9 nitrogen and oxygen atoms in total. The van der Waals surface area contributed by atoms with Gasteiger partial charge in [-0.3, -0.25) is 24.6 Å². The lowest BCUT2D eigenvalue weighted by Gasteiger charge is -2.18. The van der Waals surface area contributed by atoms with Crippen LogP contribution < -0.4 is 20.6 Å². The normalized spacial score (nSPS) is 11.1. The maximum absolute atomic E-state index is 14.0. The van der Waals surface area contributed by atoms with Crippen molar-refractivity contribution in [3.63, 3.8) is 0 Å². The molecule has 198 valence electrons. The van der Waals surface area contributed by atoms with Crippen molar-refractivity contribution in [1.82, 2.24) is 19.6 Å². The predicted molar refractivity (Wildman–Crippen MR) is 148 cm³/mol. The monoisotopic (exact) mass is 524 g/mol. The van der Waals surface area contributed by atoms with Crippen LogP contribution in [0.3, 0.4) is 0 Å². The van der Waals surface area contributed by atoms with Crippen LogP contribution in [0.15, 0.2) is 88.5 Å². The Morgan fingerprint density at radius 1 is 0.744 bits per heavy atom. The quantitative estimate of drug-likeness (QED) is 0.243. The van der Waals surface area contributed by atoms with E-state index < -0.39 is 11.9 Å². The molecular weight excluding hydrogens is 496 g/mol. The van der Waals surface area contributed by atoms with E-state index in [4.69, 9.17) is 9.47 Å².